The molecule has 0 aliphatic carbocycles. The summed E-state index contributed by atoms with van der Waals surface area (Å²) in [4.78, 5) is 47.7. The third-order valence-corrected chi connectivity index (χ3v) is 10.1. The number of aryl methyl sites for hydroxylation is 2. The highest BCUT2D eigenvalue weighted by atomic mass is 79.9. The van der Waals surface area contributed by atoms with E-state index in [9.17, 15) is 14.4 Å². The second kappa shape index (κ2) is 13.7. The summed E-state index contributed by atoms with van der Waals surface area (Å²) in [6, 6.07) is 14.5. The number of carbonyl (C=O) groups excluding carboxylic acids is 3. The lowest BCUT2D eigenvalue weighted by Gasteiger charge is -2.39. The van der Waals surface area contributed by atoms with E-state index in [-0.39, 0.29) is 18.0 Å². The molecule has 2 aromatic carbocycles. The van der Waals surface area contributed by atoms with Gasteiger partial charge in [-0.1, -0.05) is 63.5 Å². The van der Waals surface area contributed by atoms with Crippen molar-refractivity contribution in [2.45, 2.75) is 69.0 Å². The zero-order valence-electron chi connectivity index (χ0n) is 25.7. The first kappa shape index (κ1) is 31.3. The molecule has 3 aliphatic rings. The second-order valence-corrected chi connectivity index (χ2v) is 13.4. The van der Waals surface area contributed by atoms with Gasteiger partial charge >= 0.3 is 12.1 Å². The van der Waals surface area contributed by atoms with Crippen LogP contribution in [0.3, 0.4) is 0 Å². The van der Waals surface area contributed by atoms with Crippen molar-refractivity contribution in [3.63, 3.8) is 0 Å². The summed E-state index contributed by atoms with van der Waals surface area (Å²) in [5.41, 5.74) is 5.09. The van der Waals surface area contributed by atoms with Crippen molar-refractivity contribution in [2.24, 2.45) is 0 Å². The molecule has 5 rings (SSSR count). The molecule has 9 nitrogen and oxygen atoms in total. The number of anilines is 1. The molecular formula is C33H44BrN5O4. The molecular weight excluding hydrogens is 610 g/mol. The van der Waals surface area contributed by atoms with Gasteiger partial charge in [0.2, 0.25) is 0 Å². The number of hydrogen-bond donors (Lipinski definition) is 1. The van der Waals surface area contributed by atoms with E-state index in [0.717, 1.165) is 47.2 Å². The minimum atomic E-state index is -0.989. The van der Waals surface area contributed by atoms with Gasteiger partial charge in [0.1, 0.15) is 0 Å². The van der Waals surface area contributed by atoms with Crippen LogP contribution in [0, 0.1) is 13.8 Å². The zero-order valence-corrected chi connectivity index (χ0v) is 27.3. The van der Waals surface area contributed by atoms with Gasteiger partial charge < -0.3 is 29.7 Å². The first-order chi connectivity index (χ1) is 20.6. The summed E-state index contributed by atoms with van der Waals surface area (Å²) in [5.74, 6) is -0.165. The lowest BCUT2D eigenvalue weighted by molar-refractivity contribution is -0.142. The van der Waals surface area contributed by atoms with Crippen LogP contribution >= 0.6 is 15.9 Å². The summed E-state index contributed by atoms with van der Waals surface area (Å²) in [7, 11) is 4.14. The normalized spacial score (nSPS) is 19.9. The molecule has 4 amide bonds. The van der Waals surface area contributed by atoms with E-state index in [0.29, 0.717) is 51.6 Å². The van der Waals surface area contributed by atoms with Gasteiger partial charge in [-0.05, 0) is 77.2 Å². The molecule has 1 unspecified atom stereocenters. The molecule has 0 spiro atoms. The number of ether oxygens (including phenoxy) is 1. The third-order valence-electron chi connectivity index (χ3n) is 9.11. The first-order valence-corrected chi connectivity index (χ1v) is 16.3. The van der Waals surface area contributed by atoms with Crippen molar-refractivity contribution in [3.05, 3.63) is 64.7 Å². The van der Waals surface area contributed by atoms with Gasteiger partial charge in [0.05, 0.1) is 4.83 Å². The monoisotopic (exact) mass is 653 g/mol. The quantitative estimate of drug-likeness (QED) is 0.425. The highest BCUT2D eigenvalue weighted by molar-refractivity contribution is 9.09. The van der Waals surface area contributed by atoms with E-state index < -0.39 is 17.0 Å². The van der Waals surface area contributed by atoms with E-state index >= 15 is 0 Å². The number of piperidine rings is 2. The number of carbonyl (C=O) groups is 3. The number of halogens is 1. The summed E-state index contributed by atoms with van der Waals surface area (Å²) in [5, 5.41) is 3.05. The zero-order chi connectivity index (χ0) is 30.7. The predicted molar refractivity (Wildman–Crippen MR) is 172 cm³/mol. The highest BCUT2D eigenvalue weighted by Crippen LogP contribution is 2.33. The lowest BCUT2D eigenvalue weighted by Crippen LogP contribution is -2.52. The molecule has 2 saturated heterocycles. The molecule has 10 heteroatoms. The van der Waals surface area contributed by atoms with E-state index in [1.54, 1.807) is 4.90 Å². The Labute approximate surface area is 263 Å². The van der Waals surface area contributed by atoms with Gasteiger partial charge in [-0.3, -0.25) is 4.79 Å². The van der Waals surface area contributed by atoms with Crippen molar-refractivity contribution in [3.8, 4) is 0 Å². The third kappa shape index (κ3) is 7.34. The summed E-state index contributed by atoms with van der Waals surface area (Å²) in [6.45, 7) is 6.89. The Balaban J connectivity index is 1.25. The Bertz CT molecular complexity index is 1300. The Morgan fingerprint density at radius 1 is 0.930 bits per heavy atom. The van der Waals surface area contributed by atoms with Crippen molar-refractivity contribution in [1.29, 1.82) is 0 Å². The maximum absolute atomic E-state index is 13.9. The molecule has 1 N–H and O–H groups in total. The maximum atomic E-state index is 13.9. The Hall–Kier alpha value is -3.11. The van der Waals surface area contributed by atoms with E-state index in [1.807, 2.05) is 54.0 Å². The van der Waals surface area contributed by atoms with Crippen LogP contribution in [-0.4, -0.2) is 103 Å². The highest BCUT2D eigenvalue weighted by Gasteiger charge is 2.39. The van der Waals surface area contributed by atoms with Crippen LogP contribution in [0.1, 0.15) is 52.8 Å². The number of nitrogens with zero attached hydrogens (tertiary/aromatic N) is 4. The van der Waals surface area contributed by atoms with Gasteiger partial charge in [0.15, 0.2) is 6.10 Å². The van der Waals surface area contributed by atoms with Crippen LogP contribution in [0.25, 0.3) is 0 Å². The van der Waals surface area contributed by atoms with Crippen molar-refractivity contribution in [2.75, 3.05) is 52.1 Å². The topological polar surface area (TPSA) is 85.4 Å². The van der Waals surface area contributed by atoms with Crippen molar-refractivity contribution in [1.82, 2.24) is 19.6 Å². The molecule has 3 aliphatic heterocycles. The van der Waals surface area contributed by atoms with Crippen molar-refractivity contribution < 1.29 is 19.1 Å². The molecule has 2 fully saturated rings. The minimum Gasteiger partial charge on any atom is -0.434 e. The van der Waals surface area contributed by atoms with E-state index in [4.69, 9.17) is 4.74 Å². The number of amides is 4. The van der Waals surface area contributed by atoms with Crippen LogP contribution in [0.5, 0.6) is 0 Å². The Morgan fingerprint density at radius 3 is 2.21 bits per heavy atom. The molecule has 0 aromatic heterocycles. The fourth-order valence-corrected chi connectivity index (χ4v) is 7.24. The number of benzene rings is 2. The average molecular weight is 655 g/mol. The van der Waals surface area contributed by atoms with E-state index in [2.05, 4.69) is 52.4 Å². The molecule has 43 heavy (non-hydrogen) atoms. The summed E-state index contributed by atoms with van der Waals surface area (Å²) < 4.78 is 6.08. The number of fused-ring (bicyclic) bond motifs is 1. The van der Waals surface area contributed by atoms with Gasteiger partial charge in [-0.25, -0.2) is 9.59 Å². The van der Waals surface area contributed by atoms with Gasteiger partial charge in [-0.15, -0.1) is 0 Å². The van der Waals surface area contributed by atoms with Crippen molar-refractivity contribution >= 4 is 39.6 Å². The Morgan fingerprint density at radius 2 is 1.56 bits per heavy atom. The maximum Gasteiger partial charge on any atom is 0.410 e. The molecule has 232 valence electrons. The smallest absolute Gasteiger partial charge is 0.410 e. The fraction of sp³-hybridized carbons (Fsp3) is 0.545. The van der Waals surface area contributed by atoms with Gasteiger partial charge in [0, 0.05) is 50.5 Å². The van der Waals surface area contributed by atoms with Gasteiger partial charge in [-0.2, -0.15) is 0 Å². The Kier molecular flexibility index (Phi) is 9.96. The number of rotatable bonds is 6. The fourth-order valence-electron chi connectivity index (χ4n) is 6.64. The van der Waals surface area contributed by atoms with Crippen LogP contribution in [-0.2, 0) is 16.0 Å². The summed E-state index contributed by atoms with van der Waals surface area (Å²) in [6.07, 6.45) is 2.41. The molecule has 2 atom stereocenters. The molecule has 0 radical (unpaired) electrons. The number of hydrogen-bond acceptors (Lipinski definition) is 5. The predicted octanol–water partition coefficient (Wildman–Crippen LogP) is 5.35. The standard InChI is InChI=1S/C33H44BrN5O4/c1-22-19-23(2)21-25(20-22)29(34)30(31(40)37-14-10-26(11-15-37)36(3)4)43-33(42)38-16-12-27(13-17-38)39-18-9-24-7-5-6-8-28(24)35-32(39)41/h5-8,19-21,26-27,29-30H,9-18H2,1-4H3,(H,35,41)/t29-,30?/m1/s1. The van der Waals surface area contributed by atoms with E-state index in [1.165, 1.54) is 0 Å². The lowest BCUT2D eigenvalue weighted by atomic mass is 9.99. The SMILES string of the molecule is Cc1cc(C)cc([C@@H](Br)C(OC(=O)N2CCC(N3CCc4ccccc4NC3=O)CC2)C(=O)N2CCC(N(C)C)CC2)c1. The number of urea groups is 1. The van der Waals surface area contributed by atoms with Crippen LogP contribution < -0.4 is 5.32 Å². The average Bonchev–Trinajstić information content (AvgIpc) is 3.16. The minimum absolute atomic E-state index is 0.0352. The molecule has 0 bridgehead atoms. The number of nitrogens with one attached hydrogen (secondary N) is 1. The molecule has 3 heterocycles. The summed E-state index contributed by atoms with van der Waals surface area (Å²) >= 11 is 3.76. The molecule has 0 saturated carbocycles. The van der Waals surface area contributed by atoms with Crippen LogP contribution in [0.15, 0.2) is 42.5 Å². The number of alkyl halides is 1. The van der Waals surface area contributed by atoms with Gasteiger partial charge in [0.25, 0.3) is 5.91 Å². The second-order valence-electron chi connectivity index (χ2n) is 12.4. The largest absolute Gasteiger partial charge is 0.434 e. The molecule has 2 aromatic rings. The number of para-hydroxylation sites is 1. The van der Waals surface area contributed by atoms with Crippen LogP contribution in [0.2, 0.25) is 0 Å². The van der Waals surface area contributed by atoms with Crippen LogP contribution in [0.4, 0.5) is 15.3 Å². The number of likely N-dealkylation sites (tertiary alicyclic amines) is 2. The first-order valence-electron chi connectivity index (χ1n) is 15.4.